The van der Waals surface area contributed by atoms with Gasteiger partial charge in [-0.15, -0.1) is 0 Å². The highest BCUT2D eigenvalue weighted by Crippen LogP contribution is 2.35. The fourth-order valence-corrected chi connectivity index (χ4v) is 5.69. The molecule has 0 unspecified atom stereocenters. The van der Waals surface area contributed by atoms with Crippen LogP contribution in [0.4, 0.5) is 0 Å². The number of phenols is 1. The summed E-state index contributed by atoms with van der Waals surface area (Å²) in [6.07, 6.45) is 1.60. The van der Waals surface area contributed by atoms with E-state index in [-0.39, 0.29) is 0 Å². The van der Waals surface area contributed by atoms with E-state index in [1.54, 1.807) is 0 Å². The van der Waals surface area contributed by atoms with Crippen LogP contribution < -0.4 is 4.74 Å². The van der Waals surface area contributed by atoms with Crippen molar-refractivity contribution in [3.63, 3.8) is 0 Å². The maximum atomic E-state index is 10.5. The Morgan fingerprint density at radius 1 is 0.362 bits per heavy atom. The Bertz CT molecular complexity index is 1950. The summed E-state index contributed by atoms with van der Waals surface area (Å²) in [5.41, 5.74) is 10.1. The van der Waals surface area contributed by atoms with Gasteiger partial charge in [0.25, 0.3) is 0 Å². The van der Waals surface area contributed by atoms with Crippen LogP contribution >= 0.6 is 0 Å². The highest BCUT2D eigenvalue weighted by molar-refractivity contribution is 5.73. The Labute approximate surface area is 278 Å². The zero-order valence-electron chi connectivity index (χ0n) is 26.4. The summed E-state index contributed by atoms with van der Waals surface area (Å²) in [5.74, 6) is 1.35. The smallest absolute Gasteiger partial charge is 0.131 e. The Morgan fingerprint density at radius 2 is 0.766 bits per heavy atom. The molecule has 2 heteroatoms. The lowest BCUT2D eigenvalue weighted by Gasteiger charge is -2.17. The first-order valence-electron chi connectivity index (χ1n) is 16.0. The number of hydrogen-bond acceptors (Lipinski definition) is 2. The molecular weight excluding hydrogens is 572 g/mol. The molecule has 7 rings (SSSR count). The van der Waals surface area contributed by atoms with E-state index in [4.69, 9.17) is 4.74 Å². The summed E-state index contributed by atoms with van der Waals surface area (Å²) in [6, 6.07) is 63.9. The second-order valence-electron chi connectivity index (χ2n) is 11.4. The van der Waals surface area contributed by atoms with E-state index in [1.807, 2.05) is 91.0 Å². The number of phenolic OH excluding ortho intramolecular Hbond substituents is 1. The minimum Gasteiger partial charge on any atom is -0.507 e. The molecular formula is C45H38O2. The van der Waals surface area contributed by atoms with Crippen LogP contribution in [0.5, 0.6) is 11.5 Å². The van der Waals surface area contributed by atoms with Crippen molar-refractivity contribution < 1.29 is 9.84 Å². The average Bonchev–Trinajstić information content (AvgIpc) is 3.14. The van der Waals surface area contributed by atoms with Gasteiger partial charge in [0.15, 0.2) is 0 Å². The van der Waals surface area contributed by atoms with E-state index in [0.717, 1.165) is 40.8 Å². The zero-order chi connectivity index (χ0) is 32.1. The van der Waals surface area contributed by atoms with E-state index in [2.05, 4.69) is 97.1 Å². The van der Waals surface area contributed by atoms with Gasteiger partial charge in [-0.25, -0.2) is 0 Å². The highest BCUT2D eigenvalue weighted by atomic mass is 16.5. The SMILES string of the molecule is Oc1c(Cc2ccccc2)cccc1-c1ccccc1.c1ccc(COc2c(Cc3ccccc3)cccc2-c2ccccc2)cc1. The van der Waals surface area contributed by atoms with Gasteiger partial charge in [0.1, 0.15) is 18.1 Å². The number of benzene rings is 7. The average molecular weight is 611 g/mol. The van der Waals surface area contributed by atoms with Crippen LogP contribution in [-0.4, -0.2) is 5.11 Å². The summed E-state index contributed by atoms with van der Waals surface area (Å²) in [7, 11) is 0. The number of para-hydroxylation sites is 2. The minimum atomic E-state index is 0.377. The van der Waals surface area contributed by atoms with Crippen molar-refractivity contribution in [3.8, 4) is 33.8 Å². The highest BCUT2D eigenvalue weighted by Gasteiger charge is 2.13. The van der Waals surface area contributed by atoms with Crippen molar-refractivity contribution >= 4 is 0 Å². The van der Waals surface area contributed by atoms with Crippen LogP contribution in [0.25, 0.3) is 22.3 Å². The second-order valence-corrected chi connectivity index (χ2v) is 11.4. The van der Waals surface area contributed by atoms with Crippen molar-refractivity contribution in [1.29, 1.82) is 0 Å². The summed E-state index contributed by atoms with van der Waals surface area (Å²) in [4.78, 5) is 0. The fourth-order valence-electron chi connectivity index (χ4n) is 5.69. The van der Waals surface area contributed by atoms with Crippen LogP contribution in [-0.2, 0) is 19.4 Å². The third-order valence-corrected chi connectivity index (χ3v) is 8.09. The van der Waals surface area contributed by atoms with E-state index < -0.39 is 0 Å². The van der Waals surface area contributed by atoms with E-state index in [9.17, 15) is 5.11 Å². The van der Waals surface area contributed by atoms with Crippen molar-refractivity contribution in [2.45, 2.75) is 19.4 Å². The van der Waals surface area contributed by atoms with Gasteiger partial charge in [0.05, 0.1) is 0 Å². The standard InChI is InChI=1S/C26H22O.C19H16O/c1-4-11-21(12-5-1)19-24-17-10-18-25(23-15-8-3-9-16-23)26(24)27-20-22-13-6-2-7-14-22;20-19-17(14-15-8-3-1-4-9-15)12-7-13-18(19)16-10-5-2-6-11-16/h1-18H,19-20H2;1-13,20H,14H2. The molecule has 0 spiro atoms. The van der Waals surface area contributed by atoms with Gasteiger partial charge in [-0.05, 0) is 38.9 Å². The molecule has 0 aliphatic carbocycles. The molecule has 0 radical (unpaired) electrons. The molecule has 0 saturated heterocycles. The lowest BCUT2D eigenvalue weighted by Crippen LogP contribution is -2.01. The van der Waals surface area contributed by atoms with Gasteiger partial charge < -0.3 is 9.84 Å². The third-order valence-electron chi connectivity index (χ3n) is 8.09. The number of rotatable bonds is 9. The monoisotopic (exact) mass is 610 g/mol. The molecule has 0 bridgehead atoms. The number of hydrogen-bond donors (Lipinski definition) is 1. The zero-order valence-corrected chi connectivity index (χ0v) is 26.4. The van der Waals surface area contributed by atoms with Gasteiger partial charge in [-0.1, -0.05) is 188 Å². The Kier molecular flexibility index (Phi) is 10.5. The van der Waals surface area contributed by atoms with Crippen molar-refractivity contribution in [1.82, 2.24) is 0 Å². The maximum Gasteiger partial charge on any atom is 0.131 e. The molecule has 0 saturated carbocycles. The van der Waals surface area contributed by atoms with Crippen molar-refractivity contribution in [3.05, 3.63) is 216 Å². The van der Waals surface area contributed by atoms with Gasteiger partial charge in [-0.3, -0.25) is 0 Å². The normalized spacial score (nSPS) is 10.5. The second kappa shape index (κ2) is 15.9. The van der Waals surface area contributed by atoms with E-state index >= 15 is 0 Å². The minimum absolute atomic E-state index is 0.377. The first-order valence-corrected chi connectivity index (χ1v) is 16.0. The molecule has 0 aliphatic rings. The Balaban J connectivity index is 0.000000172. The summed E-state index contributed by atoms with van der Waals surface area (Å²) >= 11 is 0. The molecule has 0 aliphatic heterocycles. The van der Waals surface area contributed by atoms with Gasteiger partial charge >= 0.3 is 0 Å². The van der Waals surface area contributed by atoms with Gasteiger partial charge in [0, 0.05) is 24.0 Å². The Hall–Kier alpha value is -5.86. The lowest BCUT2D eigenvalue weighted by molar-refractivity contribution is 0.305. The summed E-state index contributed by atoms with van der Waals surface area (Å²) in [6.45, 7) is 0.562. The molecule has 0 fully saturated rings. The first-order chi connectivity index (χ1) is 23.2. The summed E-state index contributed by atoms with van der Waals surface area (Å²) in [5, 5.41) is 10.5. The quantitative estimate of drug-likeness (QED) is 0.176. The molecule has 230 valence electrons. The topological polar surface area (TPSA) is 29.5 Å². The molecule has 1 N–H and O–H groups in total. The van der Waals surface area contributed by atoms with Crippen molar-refractivity contribution in [2.75, 3.05) is 0 Å². The number of ether oxygens (including phenoxy) is 1. The third kappa shape index (κ3) is 8.45. The molecule has 47 heavy (non-hydrogen) atoms. The van der Waals surface area contributed by atoms with Crippen LogP contribution in [0.15, 0.2) is 188 Å². The van der Waals surface area contributed by atoms with Crippen LogP contribution in [0, 0.1) is 0 Å². The fraction of sp³-hybridized carbons (Fsp3) is 0.0667. The molecule has 2 nitrogen and oxygen atoms in total. The molecule has 7 aromatic carbocycles. The predicted molar refractivity (Wildman–Crippen MR) is 195 cm³/mol. The number of aromatic hydroxyl groups is 1. The largest absolute Gasteiger partial charge is 0.507 e. The summed E-state index contributed by atoms with van der Waals surface area (Å²) < 4.78 is 6.38. The first kappa shape index (κ1) is 31.1. The van der Waals surface area contributed by atoms with Crippen LogP contribution in [0.3, 0.4) is 0 Å². The van der Waals surface area contributed by atoms with Crippen LogP contribution in [0.1, 0.15) is 27.8 Å². The van der Waals surface area contributed by atoms with Gasteiger partial charge in [0.2, 0.25) is 0 Å². The Morgan fingerprint density at radius 3 is 1.30 bits per heavy atom. The molecule has 0 atom stereocenters. The molecule has 0 aromatic heterocycles. The van der Waals surface area contributed by atoms with Gasteiger partial charge in [-0.2, -0.15) is 0 Å². The lowest BCUT2D eigenvalue weighted by atomic mass is 9.97. The molecule has 0 heterocycles. The predicted octanol–water partition coefficient (Wildman–Crippen LogP) is 11.2. The maximum absolute atomic E-state index is 10.5. The van der Waals surface area contributed by atoms with Crippen LogP contribution in [0.2, 0.25) is 0 Å². The van der Waals surface area contributed by atoms with E-state index in [0.29, 0.717) is 12.4 Å². The van der Waals surface area contributed by atoms with E-state index in [1.165, 1.54) is 27.8 Å². The molecule has 7 aromatic rings. The molecule has 0 amide bonds. The van der Waals surface area contributed by atoms with Crippen molar-refractivity contribution in [2.24, 2.45) is 0 Å².